The van der Waals surface area contributed by atoms with Crippen LogP contribution in [-0.4, -0.2) is 25.0 Å². The van der Waals surface area contributed by atoms with E-state index in [2.05, 4.69) is 6.07 Å². The van der Waals surface area contributed by atoms with Crippen molar-refractivity contribution in [1.82, 2.24) is 0 Å². The molecule has 1 aromatic carbocycles. The first-order valence-electron chi connectivity index (χ1n) is 9.46. The van der Waals surface area contributed by atoms with Crippen molar-refractivity contribution >= 4 is 17.6 Å². The van der Waals surface area contributed by atoms with Crippen molar-refractivity contribution in [3.63, 3.8) is 0 Å². The predicted octanol–water partition coefficient (Wildman–Crippen LogP) is 3.61. The van der Waals surface area contributed by atoms with Crippen LogP contribution < -0.4 is 4.90 Å². The molecule has 26 heavy (non-hydrogen) atoms. The molecule has 3 atom stereocenters. The van der Waals surface area contributed by atoms with Crippen LogP contribution in [0.2, 0.25) is 0 Å². The third kappa shape index (κ3) is 4.43. The van der Waals surface area contributed by atoms with E-state index in [9.17, 15) is 9.59 Å². The molecule has 1 amide bonds. The highest BCUT2D eigenvalue weighted by atomic mass is 16.5. The van der Waals surface area contributed by atoms with Gasteiger partial charge in [0, 0.05) is 18.7 Å². The maximum Gasteiger partial charge on any atom is 0.306 e. The Hall–Kier alpha value is -2.35. The minimum Gasteiger partial charge on any atom is -0.456 e. The zero-order valence-electron chi connectivity index (χ0n) is 15.3. The molecule has 5 heteroatoms. The number of carbonyl (C=O) groups is 2. The normalized spacial score (nSPS) is 23.5. The molecule has 3 rings (SSSR count). The van der Waals surface area contributed by atoms with E-state index in [1.54, 1.807) is 0 Å². The van der Waals surface area contributed by atoms with Gasteiger partial charge in [0.05, 0.1) is 12.5 Å². The number of hydrogen-bond donors (Lipinski definition) is 0. The second-order valence-corrected chi connectivity index (χ2v) is 7.59. The Morgan fingerprint density at radius 1 is 1.23 bits per heavy atom. The minimum atomic E-state index is -0.287. The van der Waals surface area contributed by atoms with Crippen molar-refractivity contribution in [1.29, 1.82) is 5.26 Å². The smallest absolute Gasteiger partial charge is 0.306 e. The van der Waals surface area contributed by atoms with Crippen LogP contribution in [0.5, 0.6) is 0 Å². The molecule has 1 aromatic rings. The molecule has 0 N–H and O–H groups in total. The molecule has 0 aromatic heterocycles. The molecule has 0 aliphatic heterocycles. The first-order chi connectivity index (χ1) is 12.6. The lowest BCUT2D eigenvalue weighted by molar-refractivity contribution is -0.149. The highest BCUT2D eigenvalue weighted by molar-refractivity contribution is 5.95. The lowest BCUT2D eigenvalue weighted by Crippen LogP contribution is -2.35. The van der Waals surface area contributed by atoms with Crippen LogP contribution in [-0.2, 0) is 14.3 Å². The van der Waals surface area contributed by atoms with Gasteiger partial charge in [0.2, 0.25) is 0 Å². The van der Waals surface area contributed by atoms with Crippen molar-refractivity contribution in [3.8, 4) is 6.07 Å². The first kappa shape index (κ1) is 18.4. The summed E-state index contributed by atoms with van der Waals surface area (Å²) in [6.45, 7) is 2.00. The van der Waals surface area contributed by atoms with Gasteiger partial charge in [-0.25, -0.2) is 0 Å². The maximum absolute atomic E-state index is 12.5. The van der Waals surface area contributed by atoms with Crippen LogP contribution in [0.15, 0.2) is 24.3 Å². The summed E-state index contributed by atoms with van der Waals surface area (Å²) in [6.07, 6.45) is 5.59. The summed E-state index contributed by atoms with van der Waals surface area (Å²) < 4.78 is 5.27. The number of fused-ring (bicyclic) bond motifs is 2. The SMILES string of the molecule is Cc1ccc(N(CCC#N)C(=O)COC(=O)C[C@H]2C[C@@H]3CC[C@@H]2C3)cc1. The van der Waals surface area contributed by atoms with Crippen LogP contribution in [0, 0.1) is 36.0 Å². The molecule has 2 bridgehead atoms. The van der Waals surface area contributed by atoms with Gasteiger partial charge in [0.1, 0.15) is 0 Å². The monoisotopic (exact) mass is 354 g/mol. The van der Waals surface area contributed by atoms with Gasteiger partial charge in [-0.2, -0.15) is 5.26 Å². The van der Waals surface area contributed by atoms with Gasteiger partial charge in [-0.05, 0) is 56.1 Å². The third-order valence-corrected chi connectivity index (χ3v) is 5.76. The summed E-state index contributed by atoms with van der Waals surface area (Å²) in [4.78, 5) is 26.2. The number of nitrogens with zero attached hydrogens (tertiary/aromatic N) is 2. The molecule has 2 aliphatic rings. The van der Waals surface area contributed by atoms with E-state index in [4.69, 9.17) is 10.00 Å². The number of anilines is 1. The molecule has 138 valence electrons. The summed E-state index contributed by atoms with van der Waals surface area (Å²) in [5.74, 6) is 1.33. The quantitative estimate of drug-likeness (QED) is 0.701. The Morgan fingerprint density at radius 2 is 2.00 bits per heavy atom. The molecule has 0 spiro atoms. The Morgan fingerprint density at radius 3 is 2.62 bits per heavy atom. The van der Waals surface area contributed by atoms with Gasteiger partial charge < -0.3 is 9.64 Å². The van der Waals surface area contributed by atoms with E-state index < -0.39 is 0 Å². The fourth-order valence-electron chi connectivity index (χ4n) is 4.40. The second-order valence-electron chi connectivity index (χ2n) is 7.59. The third-order valence-electron chi connectivity index (χ3n) is 5.76. The lowest BCUT2D eigenvalue weighted by Gasteiger charge is -2.23. The summed E-state index contributed by atoms with van der Waals surface area (Å²) in [7, 11) is 0. The summed E-state index contributed by atoms with van der Waals surface area (Å²) in [5, 5.41) is 8.84. The number of nitriles is 1. The summed E-state index contributed by atoms with van der Waals surface area (Å²) in [6, 6.07) is 9.60. The molecule has 0 unspecified atom stereocenters. The van der Waals surface area contributed by atoms with Crippen LogP contribution in [0.4, 0.5) is 5.69 Å². The van der Waals surface area contributed by atoms with E-state index >= 15 is 0 Å². The average molecular weight is 354 g/mol. The number of hydrogen-bond acceptors (Lipinski definition) is 4. The Labute approximate surface area is 154 Å². The largest absolute Gasteiger partial charge is 0.456 e. The maximum atomic E-state index is 12.5. The first-order valence-corrected chi connectivity index (χ1v) is 9.46. The Kier molecular flexibility index (Phi) is 5.92. The molecule has 0 saturated heterocycles. The number of esters is 1. The molecular weight excluding hydrogens is 328 g/mol. The molecular formula is C21H26N2O3. The second kappa shape index (κ2) is 8.35. The van der Waals surface area contributed by atoms with Gasteiger partial charge >= 0.3 is 5.97 Å². The van der Waals surface area contributed by atoms with Gasteiger partial charge in [-0.3, -0.25) is 9.59 Å². The Bertz CT molecular complexity index is 692. The van der Waals surface area contributed by atoms with Gasteiger partial charge in [0.15, 0.2) is 6.61 Å². The molecule has 2 saturated carbocycles. The molecule has 2 aliphatic carbocycles. The molecule has 5 nitrogen and oxygen atoms in total. The van der Waals surface area contributed by atoms with E-state index in [1.165, 1.54) is 24.2 Å². The standard InChI is InChI=1S/C21H26N2O3/c1-15-3-7-19(8-4-15)23(10-2-9-22)20(24)14-26-21(25)13-18-12-16-5-6-17(18)11-16/h3-4,7-8,16-18H,2,5-6,10-14H2,1H3/t16-,17-,18-/m1/s1. The van der Waals surface area contributed by atoms with Crippen LogP contribution >= 0.6 is 0 Å². The highest BCUT2D eigenvalue weighted by Crippen LogP contribution is 2.49. The number of ether oxygens (including phenoxy) is 1. The number of carbonyl (C=O) groups excluding carboxylic acids is 2. The van der Waals surface area contributed by atoms with E-state index in [0.29, 0.717) is 24.8 Å². The predicted molar refractivity (Wildman–Crippen MR) is 98.3 cm³/mol. The van der Waals surface area contributed by atoms with Crippen LogP contribution in [0.1, 0.15) is 44.1 Å². The number of rotatable bonds is 7. The molecule has 0 radical (unpaired) electrons. The molecule has 2 fully saturated rings. The van der Waals surface area contributed by atoms with Crippen molar-refractivity contribution in [2.75, 3.05) is 18.1 Å². The van der Waals surface area contributed by atoms with E-state index in [1.807, 2.05) is 31.2 Å². The minimum absolute atomic E-state index is 0.235. The van der Waals surface area contributed by atoms with Crippen molar-refractivity contribution < 1.29 is 14.3 Å². The number of amides is 1. The van der Waals surface area contributed by atoms with Crippen LogP contribution in [0.25, 0.3) is 0 Å². The van der Waals surface area contributed by atoms with Crippen molar-refractivity contribution in [2.24, 2.45) is 17.8 Å². The van der Waals surface area contributed by atoms with Gasteiger partial charge in [-0.15, -0.1) is 0 Å². The van der Waals surface area contributed by atoms with Crippen molar-refractivity contribution in [3.05, 3.63) is 29.8 Å². The van der Waals surface area contributed by atoms with E-state index in [-0.39, 0.29) is 24.9 Å². The topological polar surface area (TPSA) is 70.4 Å². The van der Waals surface area contributed by atoms with Gasteiger partial charge in [0.25, 0.3) is 5.91 Å². The van der Waals surface area contributed by atoms with Gasteiger partial charge in [-0.1, -0.05) is 24.1 Å². The number of aryl methyl sites for hydroxylation is 1. The molecule has 0 heterocycles. The lowest BCUT2D eigenvalue weighted by atomic mass is 9.86. The fraction of sp³-hybridized carbons (Fsp3) is 0.571. The van der Waals surface area contributed by atoms with Crippen LogP contribution in [0.3, 0.4) is 0 Å². The number of benzene rings is 1. The zero-order chi connectivity index (χ0) is 18.5. The van der Waals surface area contributed by atoms with Crippen molar-refractivity contribution in [2.45, 2.75) is 45.4 Å². The fourth-order valence-corrected chi connectivity index (χ4v) is 4.40. The summed E-state index contributed by atoms with van der Waals surface area (Å²) in [5.41, 5.74) is 1.82. The highest BCUT2D eigenvalue weighted by Gasteiger charge is 2.40. The Balaban J connectivity index is 1.52. The average Bonchev–Trinajstić information content (AvgIpc) is 3.24. The summed E-state index contributed by atoms with van der Waals surface area (Å²) >= 11 is 0. The van der Waals surface area contributed by atoms with E-state index in [0.717, 1.165) is 23.6 Å². The zero-order valence-corrected chi connectivity index (χ0v) is 15.3.